The average Bonchev–Trinajstić information content (AvgIpc) is 2.16. The summed E-state index contributed by atoms with van der Waals surface area (Å²) < 4.78 is 23.3. The Morgan fingerprint density at radius 3 is 2.29 bits per heavy atom. The molecule has 0 radical (unpaired) electrons. The molecule has 1 aromatic rings. The quantitative estimate of drug-likeness (QED) is 0.804. The minimum absolute atomic E-state index is 0.180. The van der Waals surface area contributed by atoms with Gasteiger partial charge in [-0.2, -0.15) is 12.6 Å². The zero-order chi connectivity index (χ0) is 10.6. The van der Waals surface area contributed by atoms with Crippen LogP contribution in [0.4, 0.5) is 0 Å². The molecule has 4 heteroatoms. The minimum Gasteiger partial charge on any atom is -0.224 e. The van der Waals surface area contributed by atoms with Crippen LogP contribution in [0.25, 0.3) is 0 Å². The van der Waals surface area contributed by atoms with Crippen molar-refractivity contribution in [2.24, 2.45) is 0 Å². The zero-order valence-electron chi connectivity index (χ0n) is 8.10. The Morgan fingerprint density at radius 1 is 1.21 bits per heavy atom. The van der Waals surface area contributed by atoms with Crippen LogP contribution in [0.2, 0.25) is 0 Å². The lowest BCUT2D eigenvalue weighted by molar-refractivity contribution is 0.595. The maximum atomic E-state index is 11.7. The summed E-state index contributed by atoms with van der Waals surface area (Å²) in [6.45, 7) is 1.93. The normalized spacial score (nSPS) is 11.6. The fourth-order valence-corrected chi connectivity index (χ4v) is 2.80. The molecule has 0 atom stereocenters. The van der Waals surface area contributed by atoms with E-state index < -0.39 is 9.84 Å². The number of aryl methyl sites for hydroxylation is 1. The van der Waals surface area contributed by atoms with Crippen LogP contribution in [0, 0.1) is 6.92 Å². The summed E-state index contributed by atoms with van der Waals surface area (Å²) in [4.78, 5) is 0.407. The van der Waals surface area contributed by atoms with Crippen molar-refractivity contribution in [1.82, 2.24) is 0 Å². The number of sulfone groups is 1. The molecular weight excluding hydrogens is 216 g/mol. The van der Waals surface area contributed by atoms with Crippen molar-refractivity contribution < 1.29 is 8.42 Å². The van der Waals surface area contributed by atoms with E-state index in [1.165, 1.54) is 0 Å². The van der Waals surface area contributed by atoms with E-state index in [1.54, 1.807) is 12.1 Å². The van der Waals surface area contributed by atoms with E-state index in [2.05, 4.69) is 12.6 Å². The Morgan fingerprint density at radius 2 is 1.79 bits per heavy atom. The van der Waals surface area contributed by atoms with Gasteiger partial charge in [0.05, 0.1) is 10.6 Å². The van der Waals surface area contributed by atoms with Crippen LogP contribution >= 0.6 is 12.6 Å². The van der Waals surface area contributed by atoms with E-state index in [1.807, 2.05) is 19.1 Å². The molecule has 78 valence electrons. The highest BCUT2D eigenvalue weighted by molar-refractivity contribution is 7.91. The molecule has 1 aromatic carbocycles. The number of hydrogen-bond acceptors (Lipinski definition) is 3. The maximum absolute atomic E-state index is 11.7. The molecule has 0 saturated carbocycles. The first-order valence-electron chi connectivity index (χ1n) is 4.46. The van der Waals surface area contributed by atoms with E-state index in [4.69, 9.17) is 0 Å². The first-order valence-corrected chi connectivity index (χ1v) is 6.75. The molecule has 2 nitrogen and oxygen atoms in total. The van der Waals surface area contributed by atoms with Crippen LogP contribution in [-0.2, 0) is 9.84 Å². The van der Waals surface area contributed by atoms with Crippen molar-refractivity contribution in [3.63, 3.8) is 0 Å². The molecule has 0 saturated heterocycles. The minimum atomic E-state index is -3.09. The molecule has 0 fully saturated rings. The summed E-state index contributed by atoms with van der Waals surface area (Å²) in [5, 5.41) is 0. The molecule has 14 heavy (non-hydrogen) atoms. The summed E-state index contributed by atoms with van der Waals surface area (Å²) in [6, 6.07) is 6.94. The standard InChI is InChI=1S/C10H14O2S2/c1-9-3-5-10(6-4-9)14(11,12)8-2-7-13/h3-6,13H,2,7-8H2,1H3. The molecule has 0 heterocycles. The highest BCUT2D eigenvalue weighted by Gasteiger charge is 2.12. The Labute approximate surface area is 90.7 Å². The Hall–Kier alpha value is -0.480. The molecule has 0 spiro atoms. The number of thiol groups is 1. The summed E-state index contributed by atoms with van der Waals surface area (Å²) in [6.07, 6.45) is 0.597. The third kappa shape index (κ3) is 3.03. The molecule has 0 aliphatic rings. The van der Waals surface area contributed by atoms with Gasteiger partial charge >= 0.3 is 0 Å². The second-order valence-electron chi connectivity index (χ2n) is 3.21. The molecule has 0 unspecified atom stereocenters. The van der Waals surface area contributed by atoms with Gasteiger partial charge in [0.25, 0.3) is 0 Å². The second kappa shape index (κ2) is 4.84. The predicted octanol–water partition coefficient (Wildman–Crippen LogP) is 2.09. The van der Waals surface area contributed by atoms with E-state index in [9.17, 15) is 8.42 Å². The van der Waals surface area contributed by atoms with Crippen LogP contribution in [-0.4, -0.2) is 19.9 Å². The van der Waals surface area contributed by atoms with Gasteiger partial charge in [-0.05, 0) is 31.2 Å². The molecule has 0 bridgehead atoms. The lowest BCUT2D eigenvalue weighted by atomic mass is 10.2. The zero-order valence-corrected chi connectivity index (χ0v) is 9.81. The van der Waals surface area contributed by atoms with E-state index >= 15 is 0 Å². The molecule has 0 aromatic heterocycles. The van der Waals surface area contributed by atoms with Crippen molar-refractivity contribution in [1.29, 1.82) is 0 Å². The highest BCUT2D eigenvalue weighted by Crippen LogP contribution is 2.12. The predicted molar refractivity (Wildman–Crippen MR) is 61.7 cm³/mol. The van der Waals surface area contributed by atoms with Gasteiger partial charge in [0.2, 0.25) is 0 Å². The third-order valence-corrected chi connectivity index (χ3v) is 4.08. The van der Waals surface area contributed by atoms with Crippen LogP contribution in [0.5, 0.6) is 0 Å². The average molecular weight is 230 g/mol. The van der Waals surface area contributed by atoms with Crippen molar-refractivity contribution in [3.05, 3.63) is 29.8 Å². The van der Waals surface area contributed by atoms with Gasteiger partial charge < -0.3 is 0 Å². The monoisotopic (exact) mass is 230 g/mol. The van der Waals surface area contributed by atoms with Crippen molar-refractivity contribution >= 4 is 22.5 Å². The van der Waals surface area contributed by atoms with Crippen molar-refractivity contribution in [2.45, 2.75) is 18.2 Å². The number of hydrogen-bond donors (Lipinski definition) is 1. The highest BCUT2D eigenvalue weighted by atomic mass is 32.2. The van der Waals surface area contributed by atoms with Crippen molar-refractivity contribution in [2.75, 3.05) is 11.5 Å². The second-order valence-corrected chi connectivity index (χ2v) is 5.77. The van der Waals surface area contributed by atoms with Gasteiger partial charge in [-0.1, -0.05) is 17.7 Å². The van der Waals surface area contributed by atoms with E-state index in [-0.39, 0.29) is 5.75 Å². The fraction of sp³-hybridized carbons (Fsp3) is 0.400. The molecule has 0 amide bonds. The topological polar surface area (TPSA) is 34.1 Å². The Bertz CT molecular complexity index is 379. The van der Waals surface area contributed by atoms with Gasteiger partial charge in [-0.25, -0.2) is 8.42 Å². The van der Waals surface area contributed by atoms with Crippen LogP contribution in [0.3, 0.4) is 0 Å². The van der Waals surface area contributed by atoms with Gasteiger partial charge in [0, 0.05) is 0 Å². The summed E-state index contributed by atoms with van der Waals surface area (Å²) >= 11 is 4.00. The lowest BCUT2D eigenvalue weighted by Gasteiger charge is -2.03. The summed E-state index contributed by atoms with van der Waals surface area (Å²) in [5.41, 5.74) is 1.07. The van der Waals surface area contributed by atoms with E-state index in [0.717, 1.165) is 5.56 Å². The fourth-order valence-electron chi connectivity index (χ4n) is 1.12. The van der Waals surface area contributed by atoms with Crippen LogP contribution in [0.15, 0.2) is 29.2 Å². The Kier molecular flexibility index (Phi) is 4.01. The van der Waals surface area contributed by atoms with Gasteiger partial charge in [-0.15, -0.1) is 0 Å². The molecule has 1 rings (SSSR count). The third-order valence-electron chi connectivity index (χ3n) is 1.95. The number of rotatable bonds is 4. The van der Waals surface area contributed by atoms with Crippen LogP contribution in [0.1, 0.15) is 12.0 Å². The molecule has 0 N–H and O–H groups in total. The Balaban J connectivity index is 2.87. The summed E-state index contributed by atoms with van der Waals surface area (Å²) in [7, 11) is -3.09. The summed E-state index contributed by atoms with van der Waals surface area (Å²) in [5.74, 6) is 0.782. The lowest BCUT2D eigenvalue weighted by Crippen LogP contribution is -2.07. The van der Waals surface area contributed by atoms with Crippen molar-refractivity contribution in [3.8, 4) is 0 Å². The molecular formula is C10H14O2S2. The molecule has 0 aliphatic heterocycles. The molecule has 0 aliphatic carbocycles. The number of benzene rings is 1. The van der Waals surface area contributed by atoms with Gasteiger partial charge in [0.15, 0.2) is 9.84 Å². The van der Waals surface area contributed by atoms with Gasteiger partial charge in [0.1, 0.15) is 0 Å². The largest absolute Gasteiger partial charge is 0.224 e. The maximum Gasteiger partial charge on any atom is 0.178 e. The van der Waals surface area contributed by atoms with E-state index in [0.29, 0.717) is 17.1 Å². The van der Waals surface area contributed by atoms with Crippen LogP contribution < -0.4 is 0 Å². The smallest absolute Gasteiger partial charge is 0.178 e. The SMILES string of the molecule is Cc1ccc(S(=O)(=O)CCCS)cc1. The first-order chi connectivity index (χ1) is 6.56. The van der Waals surface area contributed by atoms with Gasteiger partial charge in [-0.3, -0.25) is 0 Å². The first kappa shape index (κ1) is 11.6.